The third-order valence-corrected chi connectivity index (χ3v) is 8.78. The highest BCUT2D eigenvalue weighted by Crippen LogP contribution is 2.36. The molecule has 1 aliphatic heterocycles. The van der Waals surface area contributed by atoms with Gasteiger partial charge in [0.15, 0.2) is 0 Å². The normalized spacial score (nSPS) is 22.2. The number of sulfonamides is 1. The van der Waals surface area contributed by atoms with E-state index in [0.29, 0.717) is 24.3 Å². The van der Waals surface area contributed by atoms with Crippen LogP contribution >= 0.6 is 0 Å². The Balaban J connectivity index is 1.53. The number of nitrogens with one attached hydrogen (secondary N) is 1. The maximum Gasteiger partial charge on any atom is 0.241 e. The van der Waals surface area contributed by atoms with E-state index in [1.807, 2.05) is 41.3 Å². The van der Waals surface area contributed by atoms with E-state index in [-0.39, 0.29) is 10.8 Å². The van der Waals surface area contributed by atoms with Gasteiger partial charge in [-0.2, -0.15) is 4.72 Å². The predicted molar refractivity (Wildman–Crippen MR) is 127 cm³/mol. The molecule has 2 fully saturated rings. The van der Waals surface area contributed by atoms with Crippen LogP contribution in [0.2, 0.25) is 0 Å². The molecule has 172 valence electrons. The van der Waals surface area contributed by atoms with E-state index in [1.54, 1.807) is 25.1 Å². The summed E-state index contributed by atoms with van der Waals surface area (Å²) in [7, 11) is -3.80. The van der Waals surface area contributed by atoms with Gasteiger partial charge in [0, 0.05) is 13.1 Å². The second-order valence-corrected chi connectivity index (χ2v) is 11.0. The first-order valence-corrected chi connectivity index (χ1v) is 13.3. The molecule has 1 heterocycles. The number of nitrogens with zero attached hydrogens (tertiary/aromatic N) is 1. The van der Waals surface area contributed by atoms with E-state index >= 15 is 0 Å². The van der Waals surface area contributed by atoms with Crippen LogP contribution in [0.3, 0.4) is 0 Å². The van der Waals surface area contributed by atoms with Crippen molar-refractivity contribution in [3.05, 3.63) is 65.7 Å². The van der Waals surface area contributed by atoms with Crippen LogP contribution in [0.5, 0.6) is 0 Å². The van der Waals surface area contributed by atoms with Gasteiger partial charge < -0.3 is 4.90 Å². The van der Waals surface area contributed by atoms with Gasteiger partial charge in [-0.3, -0.25) is 4.79 Å². The fourth-order valence-corrected chi connectivity index (χ4v) is 6.79. The molecule has 0 aromatic heterocycles. The quantitative estimate of drug-likeness (QED) is 0.678. The van der Waals surface area contributed by atoms with Crippen molar-refractivity contribution in [2.24, 2.45) is 11.8 Å². The number of rotatable bonds is 7. The maximum absolute atomic E-state index is 13.6. The van der Waals surface area contributed by atoms with Gasteiger partial charge >= 0.3 is 0 Å². The van der Waals surface area contributed by atoms with Crippen molar-refractivity contribution in [1.29, 1.82) is 0 Å². The minimum absolute atomic E-state index is 0.0814. The molecule has 1 N–H and O–H groups in total. The van der Waals surface area contributed by atoms with Crippen molar-refractivity contribution in [3.8, 4) is 0 Å². The fourth-order valence-electron chi connectivity index (χ4n) is 5.32. The lowest BCUT2D eigenvalue weighted by Crippen LogP contribution is -2.53. The van der Waals surface area contributed by atoms with Gasteiger partial charge in [0.1, 0.15) is 6.04 Å². The molecule has 0 bridgehead atoms. The fraction of sp³-hybridized carbons (Fsp3) is 0.500. The largest absolute Gasteiger partial charge is 0.341 e. The summed E-state index contributed by atoms with van der Waals surface area (Å²) in [6.07, 6.45) is 7.10. The zero-order valence-electron chi connectivity index (χ0n) is 18.9. The molecule has 1 amide bonds. The third kappa shape index (κ3) is 5.41. The molecule has 3 atom stereocenters. The first-order valence-electron chi connectivity index (χ1n) is 11.8. The number of carbonyl (C=O) groups excluding carboxylic acids is 1. The second kappa shape index (κ2) is 10.2. The van der Waals surface area contributed by atoms with E-state index in [0.717, 1.165) is 31.0 Å². The van der Waals surface area contributed by atoms with Crippen LogP contribution in [0.25, 0.3) is 0 Å². The number of hydrogen-bond acceptors (Lipinski definition) is 3. The number of carbonyl (C=O) groups is 1. The lowest BCUT2D eigenvalue weighted by Gasteiger charge is -2.42. The first kappa shape index (κ1) is 23.0. The Morgan fingerprint density at radius 3 is 2.44 bits per heavy atom. The highest BCUT2D eigenvalue weighted by molar-refractivity contribution is 7.89. The second-order valence-electron chi connectivity index (χ2n) is 9.34. The average Bonchev–Trinajstić information content (AvgIpc) is 2.81. The lowest BCUT2D eigenvalue weighted by atomic mass is 9.75. The van der Waals surface area contributed by atoms with Crippen LogP contribution in [0.1, 0.15) is 49.7 Å². The van der Waals surface area contributed by atoms with E-state index in [4.69, 9.17) is 0 Å². The van der Waals surface area contributed by atoms with Gasteiger partial charge in [-0.1, -0.05) is 67.8 Å². The molecule has 2 aromatic carbocycles. The van der Waals surface area contributed by atoms with Gasteiger partial charge in [-0.05, 0) is 61.6 Å². The van der Waals surface area contributed by atoms with Gasteiger partial charge in [0.2, 0.25) is 15.9 Å². The molecule has 2 aromatic rings. The van der Waals surface area contributed by atoms with Crippen LogP contribution in [0.4, 0.5) is 0 Å². The Morgan fingerprint density at radius 1 is 1.00 bits per heavy atom. The summed E-state index contributed by atoms with van der Waals surface area (Å²) < 4.78 is 29.2. The molecule has 6 heteroatoms. The van der Waals surface area contributed by atoms with Crippen molar-refractivity contribution >= 4 is 15.9 Å². The molecule has 2 aliphatic rings. The van der Waals surface area contributed by atoms with Crippen LogP contribution in [-0.2, 0) is 21.2 Å². The Bertz CT molecular complexity index is 1020. The number of benzene rings is 2. The van der Waals surface area contributed by atoms with Crippen molar-refractivity contribution in [2.75, 3.05) is 13.1 Å². The first-order chi connectivity index (χ1) is 15.4. The number of hydrogen-bond donors (Lipinski definition) is 1. The van der Waals surface area contributed by atoms with Crippen molar-refractivity contribution < 1.29 is 13.2 Å². The summed E-state index contributed by atoms with van der Waals surface area (Å²) in [5.41, 5.74) is 1.78. The number of amides is 1. The molecular weight excluding hydrogens is 420 g/mol. The van der Waals surface area contributed by atoms with Crippen LogP contribution in [0, 0.1) is 18.8 Å². The van der Waals surface area contributed by atoms with Gasteiger partial charge in [0.05, 0.1) is 4.90 Å². The highest BCUT2D eigenvalue weighted by atomic mass is 32.2. The van der Waals surface area contributed by atoms with Crippen LogP contribution in [0.15, 0.2) is 59.5 Å². The smallest absolute Gasteiger partial charge is 0.241 e. The van der Waals surface area contributed by atoms with Crippen molar-refractivity contribution in [2.45, 2.75) is 62.8 Å². The minimum atomic E-state index is -3.80. The SMILES string of the molecule is Cc1ccccc1S(=O)(=O)N[C@H](CCc1ccccc1)C(=O)N1CCC2CCCCC2C1. The lowest BCUT2D eigenvalue weighted by molar-refractivity contribution is -0.136. The van der Waals surface area contributed by atoms with E-state index in [9.17, 15) is 13.2 Å². The molecule has 1 saturated carbocycles. The van der Waals surface area contributed by atoms with Gasteiger partial charge in [0.25, 0.3) is 0 Å². The number of aryl methyl sites for hydroxylation is 2. The average molecular weight is 455 g/mol. The molecule has 1 saturated heterocycles. The number of likely N-dealkylation sites (tertiary alicyclic amines) is 1. The molecule has 0 spiro atoms. The Morgan fingerprint density at radius 2 is 1.69 bits per heavy atom. The maximum atomic E-state index is 13.6. The Hall–Kier alpha value is -2.18. The molecule has 4 rings (SSSR count). The molecule has 2 unspecified atom stereocenters. The minimum Gasteiger partial charge on any atom is -0.341 e. The van der Waals surface area contributed by atoms with Crippen molar-refractivity contribution in [1.82, 2.24) is 9.62 Å². The van der Waals surface area contributed by atoms with Crippen molar-refractivity contribution in [3.63, 3.8) is 0 Å². The summed E-state index contributed by atoms with van der Waals surface area (Å²) in [5, 5.41) is 0. The topological polar surface area (TPSA) is 66.5 Å². The van der Waals surface area contributed by atoms with Crippen LogP contribution in [-0.4, -0.2) is 38.4 Å². The zero-order valence-corrected chi connectivity index (χ0v) is 19.7. The summed E-state index contributed by atoms with van der Waals surface area (Å²) in [6.45, 7) is 3.27. The summed E-state index contributed by atoms with van der Waals surface area (Å²) in [5.74, 6) is 1.20. The van der Waals surface area contributed by atoms with E-state index < -0.39 is 16.1 Å². The van der Waals surface area contributed by atoms with Gasteiger partial charge in [-0.25, -0.2) is 8.42 Å². The predicted octanol–water partition coefficient (Wildman–Crippen LogP) is 4.31. The third-order valence-electron chi connectivity index (χ3n) is 7.15. The molecule has 32 heavy (non-hydrogen) atoms. The standard InChI is InChI=1S/C26H34N2O3S/c1-20-9-5-8-14-25(20)32(30,31)27-24(16-15-21-10-3-2-4-11-21)26(29)28-18-17-22-12-6-7-13-23(22)19-28/h2-5,8-11,14,22-24,27H,6-7,12-13,15-19H2,1H3/t22?,23?,24-/m1/s1. The molecular formula is C26H34N2O3S. The zero-order chi connectivity index (χ0) is 22.6. The van der Waals surface area contributed by atoms with Crippen LogP contribution < -0.4 is 4.72 Å². The highest BCUT2D eigenvalue weighted by Gasteiger charge is 2.36. The number of fused-ring (bicyclic) bond motifs is 1. The molecule has 0 radical (unpaired) electrons. The van der Waals surface area contributed by atoms with Gasteiger partial charge in [-0.15, -0.1) is 0 Å². The summed E-state index contributed by atoms with van der Waals surface area (Å²) in [4.78, 5) is 15.7. The molecule has 1 aliphatic carbocycles. The van der Waals surface area contributed by atoms with E-state index in [1.165, 1.54) is 25.7 Å². The number of piperidine rings is 1. The summed E-state index contributed by atoms with van der Waals surface area (Å²) >= 11 is 0. The summed E-state index contributed by atoms with van der Waals surface area (Å²) in [6, 6.07) is 16.1. The monoisotopic (exact) mass is 454 g/mol. The molecule has 5 nitrogen and oxygen atoms in total. The Labute approximate surface area is 192 Å². The Kier molecular flexibility index (Phi) is 7.31. The van der Waals surface area contributed by atoms with E-state index in [2.05, 4.69) is 4.72 Å².